The molecule has 4 nitrogen and oxygen atoms in total. The lowest BCUT2D eigenvalue weighted by Crippen LogP contribution is -2.35. The largest absolute Gasteiger partial charge is 0.478 e. The summed E-state index contributed by atoms with van der Waals surface area (Å²) in [5.41, 5.74) is 0. The topological polar surface area (TPSA) is 47.0 Å². The highest BCUT2D eigenvalue weighted by Gasteiger charge is 2.27. The number of ether oxygens (including phenoxy) is 1. The molecule has 0 bridgehead atoms. The predicted octanol–water partition coefficient (Wildman–Crippen LogP) is 3.50. The maximum Gasteiger partial charge on any atom is 0.218 e. The summed E-state index contributed by atoms with van der Waals surface area (Å²) in [5.74, 6) is 2.98. The number of hydrogen-bond donors (Lipinski definition) is 1. The van der Waals surface area contributed by atoms with Crippen LogP contribution in [-0.4, -0.2) is 22.6 Å². The quantitative estimate of drug-likeness (QED) is 0.883. The van der Waals surface area contributed by atoms with Crippen LogP contribution in [0.3, 0.4) is 0 Å². The number of anilines is 1. The summed E-state index contributed by atoms with van der Waals surface area (Å²) < 4.78 is 5.42. The molecule has 2 atom stereocenters. The summed E-state index contributed by atoms with van der Waals surface area (Å²) in [5, 5.41) is 3.58. The van der Waals surface area contributed by atoms with E-state index < -0.39 is 0 Å². The second kappa shape index (κ2) is 6.73. The van der Waals surface area contributed by atoms with Gasteiger partial charge in [0.15, 0.2) is 0 Å². The van der Waals surface area contributed by atoms with Crippen LogP contribution < -0.4 is 10.1 Å². The standard InChI is InChI=1S/C15H25N3O/c1-4-19-15-9-14(16-10-17-15)18-13-8-6-5-7-12(13)11(2)3/h9-13H,4-8H2,1-3H3,(H,16,17,18). The lowest BCUT2D eigenvalue weighted by atomic mass is 9.78. The van der Waals surface area contributed by atoms with Gasteiger partial charge < -0.3 is 10.1 Å². The number of aromatic nitrogens is 2. The first-order chi connectivity index (χ1) is 9.20. The second-order valence-corrected chi connectivity index (χ2v) is 5.62. The van der Waals surface area contributed by atoms with Crippen molar-refractivity contribution in [3.05, 3.63) is 12.4 Å². The average Bonchev–Trinajstić information content (AvgIpc) is 2.40. The Labute approximate surface area is 116 Å². The lowest BCUT2D eigenvalue weighted by Gasteiger charge is -2.35. The fourth-order valence-electron chi connectivity index (χ4n) is 2.97. The van der Waals surface area contributed by atoms with Crippen LogP contribution in [0.15, 0.2) is 12.4 Å². The molecule has 1 aliphatic carbocycles. The molecule has 0 amide bonds. The monoisotopic (exact) mass is 263 g/mol. The fourth-order valence-corrected chi connectivity index (χ4v) is 2.97. The van der Waals surface area contributed by atoms with Gasteiger partial charge in [0.05, 0.1) is 6.61 Å². The van der Waals surface area contributed by atoms with Gasteiger partial charge in [0, 0.05) is 12.1 Å². The highest BCUT2D eigenvalue weighted by Crippen LogP contribution is 2.32. The van der Waals surface area contributed by atoms with Crippen LogP contribution in [0.4, 0.5) is 5.82 Å². The molecule has 0 aromatic carbocycles. The van der Waals surface area contributed by atoms with Crippen LogP contribution in [0.2, 0.25) is 0 Å². The van der Waals surface area contributed by atoms with E-state index in [-0.39, 0.29) is 0 Å². The third-order valence-electron chi connectivity index (χ3n) is 3.94. The average molecular weight is 263 g/mol. The van der Waals surface area contributed by atoms with E-state index >= 15 is 0 Å². The Kier molecular flexibility index (Phi) is 5.00. The Morgan fingerprint density at radius 1 is 1.32 bits per heavy atom. The van der Waals surface area contributed by atoms with Gasteiger partial charge in [-0.2, -0.15) is 0 Å². The molecule has 106 valence electrons. The first-order valence-corrected chi connectivity index (χ1v) is 7.42. The van der Waals surface area contributed by atoms with Crippen LogP contribution in [0, 0.1) is 11.8 Å². The van der Waals surface area contributed by atoms with Gasteiger partial charge in [-0.1, -0.05) is 26.7 Å². The van der Waals surface area contributed by atoms with Crippen molar-refractivity contribution in [2.45, 2.75) is 52.5 Å². The van der Waals surface area contributed by atoms with E-state index in [1.54, 1.807) is 6.33 Å². The van der Waals surface area contributed by atoms with Crippen molar-refractivity contribution >= 4 is 5.82 Å². The Hall–Kier alpha value is -1.32. The summed E-state index contributed by atoms with van der Waals surface area (Å²) in [7, 11) is 0. The molecule has 0 aliphatic heterocycles. The van der Waals surface area contributed by atoms with E-state index in [1.165, 1.54) is 25.7 Å². The van der Waals surface area contributed by atoms with Crippen molar-refractivity contribution in [1.82, 2.24) is 9.97 Å². The third kappa shape index (κ3) is 3.82. The van der Waals surface area contributed by atoms with Gasteiger partial charge in [-0.05, 0) is 31.6 Å². The SMILES string of the molecule is CCOc1cc(NC2CCCCC2C(C)C)ncn1. The molecule has 0 spiro atoms. The van der Waals surface area contributed by atoms with Gasteiger partial charge in [0.25, 0.3) is 0 Å². The molecule has 1 fully saturated rings. The van der Waals surface area contributed by atoms with Crippen LogP contribution in [-0.2, 0) is 0 Å². The zero-order valence-corrected chi connectivity index (χ0v) is 12.2. The Balaban J connectivity index is 2.04. The van der Waals surface area contributed by atoms with Gasteiger partial charge in [-0.3, -0.25) is 0 Å². The number of nitrogens with one attached hydrogen (secondary N) is 1. The Bertz CT molecular complexity index is 395. The molecule has 2 rings (SSSR count). The summed E-state index contributed by atoms with van der Waals surface area (Å²) in [4.78, 5) is 8.41. The molecule has 1 heterocycles. The Morgan fingerprint density at radius 2 is 2.11 bits per heavy atom. The van der Waals surface area contributed by atoms with Crippen LogP contribution in [0.25, 0.3) is 0 Å². The molecule has 1 aliphatic rings. The van der Waals surface area contributed by atoms with Gasteiger partial charge in [0.2, 0.25) is 5.88 Å². The minimum atomic E-state index is 0.526. The number of nitrogens with zero attached hydrogens (tertiary/aromatic N) is 2. The summed E-state index contributed by atoms with van der Waals surface area (Å²) in [6.07, 6.45) is 6.79. The maximum absolute atomic E-state index is 5.42. The highest BCUT2D eigenvalue weighted by molar-refractivity contribution is 5.38. The zero-order valence-electron chi connectivity index (χ0n) is 12.2. The summed E-state index contributed by atoms with van der Waals surface area (Å²) in [6, 6.07) is 2.42. The summed E-state index contributed by atoms with van der Waals surface area (Å²) in [6.45, 7) is 7.23. The predicted molar refractivity (Wildman–Crippen MR) is 77.4 cm³/mol. The lowest BCUT2D eigenvalue weighted by molar-refractivity contribution is 0.253. The van der Waals surface area contributed by atoms with Crippen molar-refractivity contribution in [1.29, 1.82) is 0 Å². The second-order valence-electron chi connectivity index (χ2n) is 5.62. The first-order valence-electron chi connectivity index (χ1n) is 7.42. The maximum atomic E-state index is 5.42. The van der Waals surface area contributed by atoms with E-state index in [4.69, 9.17) is 4.74 Å². The minimum absolute atomic E-state index is 0.526. The molecule has 0 radical (unpaired) electrons. The van der Waals surface area contributed by atoms with Gasteiger partial charge in [0.1, 0.15) is 12.1 Å². The third-order valence-corrected chi connectivity index (χ3v) is 3.94. The molecule has 1 aromatic rings. The normalized spacial score (nSPS) is 23.4. The van der Waals surface area contributed by atoms with Crippen LogP contribution >= 0.6 is 0 Å². The van der Waals surface area contributed by atoms with Gasteiger partial charge in [-0.15, -0.1) is 0 Å². The van der Waals surface area contributed by atoms with Crippen LogP contribution in [0.1, 0.15) is 46.5 Å². The minimum Gasteiger partial charge on any atom is -0.478 e. The van der Waals surface area contributed by atoms with E-state index in [9.17, 15) is 0 Å². The first kappa shape index (κ1) is 14.1. The fraction of sp³-hybridized carbons (Fsp3) is 0.733. The molecule has 4 heteroatoms. The smallest absolute Gasteiger partial charge is 0.218 e. The van der Waals surface area contributed by atoms with Crippen molar-refractivity contribution in [2.75, 3.05) is 11.9 Å². The van der Waals surface area contributed by atoms with Crippen molar-refractivity contribution in [2.24, 2.45) is 11.8 Å². The molecule has 0 saturated heterocycles. The molecule has 19 heavy (non-hydrogen) atoms. The molecule has 2 unspecified atom stereocenters. The van der Waals surface area contributed by atoms with Gasteiger partial charge >= 0.3 is 0 Å². The van der Waals surface area contributed by atoms with E-state index in [1.807, 2.05) is 13.0 Å². The van der Waals surface area contributed by atoms with Crippen LogP contribution in [0.5, 0.6) is 5.88 Å². The molecular formula is C15H25N3O. The molecule has 1 N–H and O–H groups in total. The molecule has 1 saturated carbocycles. The van der Waals surface area contributed by atoms with Crippen molar-refractivity contribution < 1.29 is 4.74 Å². The highest BCUT2D eigenvalue weighted by atomic mass is 16.5. The van der Waals surface area contributed by atoms with E-state index in [2.05, 4.69) is 29.1 Å². The van der Waals surface area contributed by atoms with Crippen molar-refractivity contribution in [3.63, 3.8) is 0 Å². The number of hydrogen-bond acceptors (Lipinski definition) is 4. The van der Waals surface area contributed by atoms with E-state index in [0.29, 0.717) is 24.4 Å². The Morgan fingerprint density at radius 3 is 2.84 bits per heavy atom. The molecular weight excluding hydrogens is 238 g/mol. The number of rotatable bonds is 5. The zero-order chi connectivity index (χ0) is 13.7. The molecule has 1 aromatic heterocycles. The van der Waals surface area contributed by atoms with Gasteiger partial charge in [-0.25, -0.2) is 9.97 Å². The van der Waals surface area contributed by atoms with E-state index in [0.717, 1.165) is 11.7 Å². The summed E-state index contributed by atoms with van der Waals surface area (Å²) >= 11 is 0. The van der Waals surface area contributed by atoms with Crippen molar-refractivity contribution in [3.8, 4) is 5.88 Å².